The van der Waals surface area contributed by atoms with Gasteiger partial charge in [0.2, 0.25) is 0 Å². The highest BCUT2D eigenvalue weighted by Crippen LogP contribution is 2.32. The minimum absolute atomic E-state index is 0.275. The van der Waals surface area contributed by atoms with Crippen LogP contribution in [0.4, 0.5) is 13.2 Å². The van der Waals surface area contributed by atoms with Gasteiger partial charge in [-0.2, -0.15) is 13.2 Å². The predicted molar refractivity (Wildman–Crippen MR) is 89.2 cm³/mol. The number of fused-ring (bicyclic) bond motifs is 1. The minimum atomic E-state index is -4.23. The summed E-state index contributed by atoms with van der Waals surface area (Å²) in [6.07, 6.45) is -1.91. The lowest BCUT2D eigenvalue weighted by molar-refractivity contribution is -0.127. The highest BCUT2D eigenvalue weighted by molar-refractivity contribution is 6.35. The molecule has 0 saturated heterocycles. The molecule has 0 saturated carbocycles. The van der Waals surface area contributed by atoms with Gasteiger partial charge >= 0.3 is 6.18 Å². The Hall–Kier alpha value is -2.14. The van der Waals surface area contributed by atoms with Crippen LogP contribution in [0.15, 0.2) is 36.7 Å². The molecule has 0 N–H and O–H groups in total. The average Bonchev–Trinajstić information content (AvgIpc) is 2.49. The number of halogens is 4. The number of aromatic nitrogens is 2. The third kappa shape index (κ3) is 3.36. The van der Waals surface area contributed by atoms with Crippen LogP contribution in [0.25, 0.3) is 22.2 Å². The second-order valence-electron chi connectivity index (χ2n) is 5.77. The number of benzene rings is 1. The van der Waals surface area contributed by atoms with Gasteiger partial charge in [0.1, 0.15) is 0 Å². The molecule has 0 aliphatic carbocycles. The predicted octanol–water partition coefficient (Wildman–Crippen LogP) is 5.67. The van der Waals surface area contributed by atoms with Crippen molar-refractivity contribution < 1.29 is 13.2 Å². The van der Waals surface area contributed by atoms with Gasteiger partial charge in [-0.3, -0.25) is 4.98 Å². The van der Waals surface area contributed by atoms with Gasteiger partial charge in [0.15, 0.2) is 0 Å². The number of aryl methyl sites for hydroxylation is 2. The van der Waals surface area contributed by atoms with Crippen LogP contribution in [0.5, 0.6) is 0 Å². The van der Waals surface area contributed by atoms with Crippen molar-refractivity contribution in [3.8, 4) is 11.3 Å². The zero-order valence-corrected chi connectivity index (χ0v) is 13.8. The molecule has 0 aliphatic heterocycles. The summed E-state index contributed by atoms with van der Waals surface area (Å²) in [6, 6.07) is 6.81. The van der Waals surface area contributed by atoms with Crippen molar-refractivity contribution in [1.82, 2.24) is 9.97 Å². The van der Waals surface area contributed by atoms with Crippen LogP contribution in [0.2, 0.25) is 5.02 Å². The molecule has 0 radical (unpaired) electrons. The Morgan fingerprint density at radius 1 is 1.08 bits per heavy atom. The average molecular weight is 351 g/mol. The van der Waals surface area contributed by atoms with E-state index in [1.807, 2.05) is 0 Å². The van der Waals surface area contributed by atoms with Gasteiger partial charge in [-0.05, 0) is 48.7 Å². The van der Waals surface area contributed by atoms with Crippen molar-refractivity contribution >= 4 is 22.5 Å². The largest absolute Gasteiger partial charge is 0.393 e. The molecule has 124 valence electrons. The van der Waals surface area contributed by atoms with Crippen LogP contribution in [-0.2, 0) is 6.42 Å². The van der Waals surface area contributed by atoms with Crippen LogP contribution in [-0.4, -0.2) is 16.1 Å². The van der Waals surface area contributed by atoms with Crippen molar-refractivity contribution in [3.63, 3.8) is 0 Å². The van der Waals surface area contributed by atoms with Crippen LogP contribution >= 0.6 is 11.6 Å². The highest BCUT2D eigenvalue weighted by atomic mass is 35.5. The fourth-order valence-electron chi connectivity index (χ4n) is 2.73. The molecular formula is C18H14ClF3N2. The summed E-state index contributed by atoms with van der Waals surface area (Å²) in [5, 5.41) is 1.33. The summed E-state index contributed by atoms with van der Waals surface area (Å²) < 4.78 is 38.0. The number of alkyl halides is 3. The zero-order valence-electron chi connectivity index (χ0n) is 13.1. The molecule has 2 nitrogen and oxygen atoms in total. The molecule has 3 aromatic rings. The first-order chi connectivity index (χ1) is 11.2. The van der Waals surface area contributed by atoms with Gasteiger partial charge in [0, 0.05) is 17.1 Å². The molecule has 2 aromatic heterocycles. The van der Waals surface area contributed by atoms with Crippen molar-refractivity contribution in [2.45, 2.75) is 26.4 Å². The Balaban J connectivity index is 2.12. The second-order valence-corrected chi connectivity index (χ2v) is 6.17. The molecular weight excluding hydrogens is 337 g/mol. The lowest BCUT2D eigenvalue weighted by Crippen LogP contribution is -2.12. The molecule has 0 atom stereocenters. The maximum Gasteiger partial charge on any atom is 0.393 e. The van der Waals surface area contributed by atoms with Crippen LogP contribution < -0.4 is 0 Å². The fourth-order valence-corrected chi connectivity index (χ4v) is 3.00. The molecule has 24 heavy (non-hydrogen) atoms. The molecule has 0 amide bonds. The van der Waals surface area contributed by atoms with E-state index in [4.69, 9.17) is 11.6 Å². The molecule has 6 heteroatoms. The maximum atomic E-state index is 12.7. The van der Waals surface area contributed by atoms with Crippen molar-refractivity contribution in [2.75, 3.05) is 0 Å². The van der Waals surface area contributed by atoms with Crippen LogP contribution in [0, 0.1) is 13.8 Å². The van der Waals surface area contributed by atoms with Crippen molar-refractivity contribution in [2.24, 2.45) is 0 Å². The Kier molecular flexibility index (Phi) is 4.22. The molecule has 0 aliphatic rings. The summed E-state index contributed by atoms with van der Waals surface area (Å²) in [4.78, 5) is 8.58. The number of hydrogen-bond donors (Lipinski definition) is 0. The van der Waals surface area contributed by atoms with E-state index in [2.05, 4.69) is 9.97 Å². The van der Waals surface area contributed by atoms with E-state index < -0.39 is 12.6 Å². The Labute approximate surface area is 142 Å². The molecule has 0 bridgehead atoms. The Bertz CT molecular complexity index is 920. The molecule has 0 fully saturated rings. The topological polar surface area (TPSA) is 25.8 Å². The minimum Gasteiger partial charge on any atom is -0.262 e. The maximum absolute atomic E-state index is 12.7. The molecule has 2 heterocycles. The third-order valence-electron chi connectivity index (χ3n) is 3.91. The number of pyridine rings is 2. The van der Waals surface area contributed by atoms with Crippen molar-refractivity contribution in [1.29, 1.82) is 0 Å². The van der Waals surface area contributed by atoms with Gasteiger partial charge in [-0.1, -0.05) is 17.7 Å². The second kappa shape index (κ2) is 6.06. The first-order valence-corrected chi connectivity index (χ1v) is 7.70. The first-order valence-electron chi connectivity index (χ1n) is 7.32. The van der Waals surface area contributed by atoms with E-state index in [1.54, 1.807) is 50.5 Å². The summed E-state index contributed by atoms with van der Waals surface area (Å²) in [5.41, 5.74) is 3.63. The third-order valence-corrected chi connectivity index (χ3v) is 4.22. The Morgan fingerprint density at radius 2 is 1.83 bits per heavy atom. The monoisotopic (exact) mass is 350 g/mol. The van der Waals surface area contributed by atoms with Crippen LogP contribution in [0.3, 0.4) is 0 Å². The van der Waals surface area contributed by atoms with E-state index >= 15 is 0 Å². The van der Waals surface area contributed by atoms with Crippen molar-refractivity contribution in [3.05, 3.63) is 58.4 Å². The molecule has 3 rings (SSSR count). The molecule has 1 aromatic carbocycles. The quantitative estimate of drug-likeness (QED) is 0.595. The van der Waals surface area contributed by atoms with Crippen LogP contribution in [0.1, 0.15) is 16.7 Å². The highest BCUT2D eigenvalue weighted by Gasteiger charge is 2.28. The number of nitrogens with zero attached hydrogens (tertiary/aromatic N) is 2. The standard InChI is InChI=1S/C18H14ClF3N2/c1-10-6-14(11(2)5-12(10)8-18(20,21)22)16-7-15(19)13-3-4-23-9-17(13)24-16/h3-7,9H,8H2,1-2H3. The lowest BCUT2D eigenvalue weighted by Gasteiger charge is -2.14. The molecule has 0 spiro atoms. The fraction of sp³-hybridized carbons (Fsp3) is 0.222. The van der Waals surface area contributed by atoms with E-state index in [-0.39, 0.29) is 5.56 Å². The summed E-state index contributed by atoms with van der Waals surface area (Å²) in [7, 11) is 0. The number of rotatable bonds is 2. The van der Waals surface area contributed by atoms with Gasteiger partial charge in [-0.15, -0.1) is 0 Å². The zero-order chi connectivity index (χ0) is 17.5. The Morgan fingerprint density at radius 3 is 2.54 bits per heavy atom. The van der Waals surface area contributed by atoms with Gasteiger partial charge in [0.25, 0.3) is 0 Å². The van der Waals surface area contributed by atoms with E-state index in [0.29, 0.717) is 21.8 Å². The van der Waals surface area contributed by atoms with Gasteiger partial charge in [-0.25, -0.2) is 4.98 Å². The smallest absolute Gasteiger partial charge is 0.262 e. The summed E-state index contributed by atoms with van der Waals surface area (Å²) in [5.74, 6) is 0. The summed E-state index contributed by atoms with van der Waals surface area (Å²) in [6.45, 7) is 3.45. The van der Waals surface area contributed by atoms with Gasteiger partial charge < -0.3 is 0 Å². The first kappa shape index (κ1) is 16.7. The summed E-state index contributed by atoms with van der Waals surface area (Å²) >= 11 is 6.31. The van der Waals surface area contributed by atoms with Gasteiger partial charge in [0.05, 0.1) is 28.9 Å². The van der Waals surface area contributed by atoms with E-state index in [9.17, 15) is 13.2 Å². The molecule has 0 unspecified atom stereocenters. The van der Waals surface area contributed by atoms with E-state index in [1.165, 1.54) is 0 Å². The van der Waals surface area contributed by atoms with E-state index in [0.717, 1.165) is 16.5 Å². The number of hydrogen-bond acceptors (Lipinski definition) is 2. The lowest BCUT2D eigenvalue weighted by atomic mass is 9.95. The normalized spacial score (nSPS) is 11.9. The SMILES string of the molecule is Cc1cc(-c2cc(Cl)c3ccncc3n2)c(C)cc1CC(F)(F)F.